The fraction of sp³-hybridized carbons (Fsp3) is 0.500. The van der Waals surface area contributed by atoms with Gasteiger partial charge in [-0.15, -0.1) is 24.0 Å². The third-order valence-corrected chi connectivity index (χ3v) is 5.74. The zero-order valence-corrected chi connectivity index (χ0v) is 22.7. The lowest BCUT2D eigenvalue weighted by Gasteiger charge is -2.26. The molecule has 1 aliphatic heterocycles. The highest BCUT2D eigenvalue weighted by Gasteiger charge is 2.17. The molecular weight excluding hydrogens is 527 g/mol. The first kappa shape index (κ1) is 27.4. The Balaban J connectivity index is 0.00000385. The van der Waals surface area contributed by atoms with E-state index in [1.165, 1.54) is 11.1 Å². The van der Waals surface area contributed by atoms with Crippen molar-refractivity contribution in [1.29, 1.82) is 0 Å². The zero-order valence-electron chi connectivity index (χ0n) is 20.3. The molecule has 2 aromatic carbocycles. The zero-order chi connectivity index (χ0) is 22.8. The minimum absolute atomic E-state index is 0. The summed E-state index contributed by atoms with van der Waals surface area (Å²) < 4.78 is 11.7. The van der Waals surface area contributed by atoms with Gasteiger partial charge in [0.2, 0.25) is 0 Å². The highest BCUT2D eigenvalue weighted by Crippen LogP contribution is 2.23. The molecular formula is C26H39IN4O2. The highest BCUT2D eigenvalue weighted by atomic mass is 127. The van der Waals surface area contributed by atoms with Crippen molar-refractivity contribution in [3.05, 3.63) is 65.2 Å². The number of rotatable bonds is 10. The molecule has 33 heavy (non-hydrogen) atoms. The molecule has 0 radical (unpaired) electrons. The summed E-state index contributed by atoms with van der Waals surface area (Å²) >= 11 is 0. The quantitative estimate of drug-likeness (QED) is 0.254. The fourth-order valence-electron chi connectivity index (χ4n) is 3.82. The van der Waals surface area contributed by atoms with Crippen molar-refractivity contribution < 1.29 is 9.47 Å². The van der Waals surface area contributed by atoms with Crippen LogP contribution in [0.1, 0.15) is 36.1 Å². The van der Waals surface area contributed by atoms with Gasteiger partial charge in [0.1, 0.15) is 5.75 Å². The van der Waals surface area contributed by atoms with Crippen LogP contribution in [0.5, 0.6) is 5.75 Å². The molecule has 0 bridgehead atoms. The largest absolute Gasteiger partial charge is 0.493 e. The van der Waals surface area contributed by atoms with Gasteiger partial charge >= 0.3 is 0 Å². The van der Waals surface area contributed by atoms with E-state index in [9.17, 15) is 0 Å². The molecule has 1 aliphatic rings. The van der Waals surface area contributed by atoms with E-state index in [-0.39, 0.29) is 30.0 Å². The first-order valence-corrected chi connectivity index (χ1v) is 11.6. The van der Waals surface area contributed by atoms with Crippen molar-refractivity contribution in [3.63, 3.8) is 0 Å². The minimum Gasteiger partial charge on any atom is -0.493 e. The summed E-state index contributed by atoms with van der Waals surface area (Å²) in [7, 11) is 4.21. The lowest BCUT2D eigenvalue weighted by atomic mass is 10.1. The van der Waals surface area contributed by atoms with Gasteiger partial charge in [-0.1, -0.05) is 42.5 Å². The Kier molecular flexibility index (Phi) is 12.0. The van der Waals surface area contributed by atoms with Gasteiger partial charge in [0.05, 0.1) is 25.8 Å². The van der Waals surface area contributed by atoms with Crippen LogP contribution < -0.4 is 15.4 Å². The number of hydrogen-bond donors (Lipinski definition) is 2. The van der Waals surface area contributed by atoms with Gasteiger partial charge in [-0.3, -0.25) is 0 Å². The van der Waals surface area contributed by atoms with Gasteiger partial charge in [0.25, 0.3) is 0 Å². The number of ether oxygens (including phenoxy) is 2. The monoisotopic (exact) mass is 566 g/mol. The van der Waals surface area contributed by atoms with E-state index < -0.39 is 0 Å². The average Bonchev–Trinajstić information content (AvgIpc) is 3.31. The number of aliphatic imine (C=N–C) groups is 1. The van der Waals surface area contributed by atoms with Crippen molar-refractivity contribution >= 4 is 29.9 Å². The van der Waals surface area contributed by atoms with E-state index in [2.05, 4.69) is 92.0 Å². The summed E-state index contributed by atoms with van der Waals surface area (Å²) in [6.45, 7) is 8.64. The normalized spacial score (nSPS) is 16.9. The number of hydrogen-bond acceptors (Lipinski definition) is 4. The summed E-state index contributed by atoms with van der Waals surface area (Å²) in [5.41, 5.74) is 3.57. The molecule has 1 saturated heterocycles. The van der Waals surface area contributed by atoms with Crippen LogP contribution in [0.3, 0.4) is 0 Å². The van der Waals surface area contributed by atoms with Crippen molar-refractivity contribution in [1.82, 2.24) is 15.5 Å². The molecule has 0 aliphatic carbocycles. The summed E-state index contributed by atoms with van der Waals surface area (Å²) in [6, 6.07) is 17.2. The molecule has 0 spiro atoms. The molecule has 1 fully saturated rings. The van der Waals surface area contributed by atoms with Crippen molar-refractivity contribution in [2.45, 2.75) is 32.9 Å². The molecule has 7 heteroatoms. The lowest BCUT2D eigenvalue weighted by Crippen LogP contribution is -2.41. The molecule has 0 amide bonds. The molecule has 0 saturated carbocycles. The van der Waals surface area contributed by atoms with Crippen LogP contribution in [0.2, 0.25) is 0 Å². The molecule has 182 valence electrons. The molecule has 2 N–H and O–H groups in total. The van der Waals surface area contributed by atoms with Gasteiger partial charge in [0.15, 0.2) is 5.96 Å². The SMILES string of the molecule is CCNC(=NCc1ccc(C)cc1OCC1CCOC1)NCC(c1ccccc1)N(C)C.I. The number of nitrogens with one attached hydrogen (secondary N) is 2. The predicted molar refractivity (Wildman–Crippen MR) is 147 cm³/mol. The Hall–Kier alpha value is -1.84. The fourth-order valence-corrected chi connectivity index (χ4v) is 3.82. The van der Waals surface area contributed by atoms with Crippen LogP contribution in [0.4, 0.5) is 0 Å². The summed E-state index contributed by atoms with van der Waals surface area (Å²) in [4.78, 5) is 7.08. The van der Waals surface area contributed by atoms with E-state index in [1.807, 2.05) is 0 Å². The number of aryl methyl sites for hydroxylation is 1. The number of guanidine groups is 1. The highest BCUT2D eigenvalue weighted by molar-refractivity contribution is 14.0. The number of halogens is 1. The van der Waals surface area contributed by atoms with Crippen LogP contribution in [0, 0.1) is 12.8 Å². The predicted octanol–water partition coefficient (Wildman–Crippen LogP) is 4.39. The minimum atomic E-state index is 0. The van der Waals surface area contributed by atoms with Crippen LogP contribution in [-0.4, -0.2) is 57.9 Å². The first-order chi connectivity index (χ1) is 15.6. The standard InChI is InChI=1S/C26H38N4O2.HI/c1-5-27-26(29-17-24(30(3)4)22-9-7-6-8-10-22)28-16-23-12-11-20(2)15-25(23)32-19-21-13-14-31-18-21;/h6-12,15,21,24H,5,13-14,16-19H2,1-4H3,(H2,27,28,29);1H. The van der Waals surface area contributed by atoms with Gasteiger partial charge in [-0.2, -0.15) is 0 Å². The number of nitrogens with zero attached hydrogens (tertiary/aromatic N) is 2. The van der Waals surface area contributed by atoms with Gasteiger partial charge in [0, 0.05) is 31.2 Å². The van der Waals surface area contributed by atoms with Gasteiger partial charge in [-0.05, 0) is 51.6 Å². The summed E-state index contributed by atoms with van der Waals surface area (Å²) in [5.74, 6) is 2.21. The Morgan fingerprint density at radius 3 is 2.64 bits per heavy atom. The van der Waals surface area contributed by atoms with Crippen molar-refractivity contribution in [3.8, 4) is 5.75 Å². The molecule has 3 rings (SSSR count). The molecule has 6 nitrogen and oxygen atoms in total. The maximum Gasteiger partial charge on any atom is 0.191 e. The van der Waals surface area contributed by atoms with Gasteiger partial charge in [-0.25, -0.2) is 4.99 Å². The summed E-state index contributed by atoms with van der Waals surface area (Å²) in [5, 5.41) is 6.89. The van der Waals surface area contributed by atoms with E-state index in [4.69, 9.17) is 14.5 Å². The number of likely N-dealkylation sites (N-methyl/N-ethyl adjacent to an activating group) is 1. The van der Waals surface area contributed by atoms with Crippen molar-refractivity contribution in [2.75, 3.05) is 47.0 Å². The van der Waals surface area contributed by atoms with E-state index in [0.717, 1.165) is 50.0 Å². The second-order valence-electron chi connectivity index (χ2n) is 8.62. The maximum atomic E-state index is 6.18. The average molecular weight is 567 g/mol. The van der Waals surface area contributed by atoms with Gasteiger partial charge < -0.3 is 25.0 Å². The van der Waals surface area contributed by atoms with Crippen LogP contribution in [0.25, 0.3) is 0 Å². The Morgan fingerprint density at radius 2 is 1.97 bits per heavy atom. The third-order valence-electron chi connectivity index (χ3n) is 5.74. The van der Waals surface area contributed by atoms with E-state index in [0.29, 0.717) is 19.1 Å². The Labute approximate surface area is 216 Å². The topological polar surface area (TPSA) is 58.1 Å². The summed E-state index contributed by atoms with van der Waals surface area (Å²) in [6.07, 6.45) is 1.07. The van der Waals surface area contributed by atoms with Crippen LogP contribution >= 0.6 is 24.0 Å². The third kappa shape index (κ3) is 8.79. The molecule has 1 heterocycles. The molecule has 0 aromatic heterocycles. The van der Waals surface area contributed by atoms with Crippen LogP contribution in [-0.2, 0) is 11.3 Å². The molecule has 2 atom stereocenters. The second kappa shape index (κ2) is 14.4. The smallest absolute Gasteiger partial charge is 0.191 e. The molecule has 2 aromatic rings. The molecule has 2 unspecified atom stereocenters. The van der Waals surface area contributed by atoms with Crippen LogP contribution in [0.15, 0.2) is 53.5 Å². The Morgan fingerprint density at radius 1 is 1.18 bits per heavy atom. The second-order valence-corrected chi connectivity index (χ2v) is 8.62. The Bertz CT molecular complexity index is 855. The number of benzene rings is 2. The van der Waals surface area contributed by atoms with Crippen molar-refractivity contribution in [2.24, 2.45) is 10.9 Å². The first-order valence-electron chi connectivity index (χ1n) is 11.6. The van der Waals surface area contributed by atoms with E-state index >= 15 is 0 Å². The lowest BCUT2D eigenvalue weighted by molar-refractivity contribution is 0.166. The van der Waals surface area contributed by atoms with E-state index in [1.54, 1.807) is 0 Å². The maximum absolute atomic E-state index is 6.18.